The number of aromatic nitrogens is 7. The minimum Gasteiger partial charge on any atom is -0.489 e. The Hall–Kier alpha value is -8.53. The van der Waals surface area contributed by atoms with Crippen molar-refractivity contribution in [2.24, 2.45) is 5.73 Å². The van der Waals surface area contributed by atoms with Crippen LogP contribution in [0.5, 0.6) is 29.3 Å². The Bertz CT molecular complexity index is 3980. The standard InChI is InChI=1S/C15H18Cl2N2O3.C14H10F4N4O7S.C14H17N5O7S2.C5H12NO4P/c1-8(2)21-12-7-11(9(16)6-10(12)17)19-14(20)22-13(18-19)15(3,4)5;15-11(16)28-8-5-9(29-12(17)18)20-13(19-8)21-14(25)22-30(26,27)7-4-2-1-3-6(7)10(23)24;1-4-27(21,22)9-6-5-7-15-12(9)28(23,24)19-14(20)18-13-16-10(25-2)8-11(17-13)26-3;1-11(9,10)3-2-4(6)5(7)8/h6-8H,1-5H3;1-5,11-12H,(H,23,24)(H2,19,20,21,22,25);5-8H,4H2,1-3H3,(H2,16,17,18,19,20);4H,2-3,6H2,1H3,(H,7,8)(H,9,10). The Labute approximate surface area is 524 Å². The van der Waals surface area contributed by atoms with E-state index in [1.807, 2.05) is 34.6 Å². The number of hydrogen-bond acceptors (Lipinski definition) is 25. The number of carboxylic acid groups (broad SMARTS) is 2. The number of nitrogens with two attached hydrogens (primary N) is 1. The molecule has 0 aliphatic rings. The van der Waals surface area contributed by atoms with Gasteiger partial charge in [-0.3, -0.25) is 20.0 Å². The van der Waals surface area contributed by atoms with Crippen molar-refractivity contribution in [3.05, 3.63) is 98.9 Å². The number of halogens is 6. The van der Waals surface area contributed by atoms with E-state index in [0.717, 1.165) is 29.1 Å². The van der Waals surface area contributed by atoms with Crippen LogP contribution in [0, 0.1) is 0 Å². The lowest BCUT2D eigenvalue weighted by atomic mass is 9.97. The second-order valence-corrected chi connectivity index (χ2v) is 27.6. The molecule has 0 aliphatic carbocycles. The number of pyridine rings is 1. The minimum absolute atomic E-state index is 0.0412. The first kappa shape index (κ1) is 76.7. The van der Waals surface area contributed by atoms with Crippen molar-refractivity contribution in [2.45, 2.75) is 93.6 Å². The summed E-state index contributed by atoms with van der Waals surface area (Å²) in [6.07, 6.45) is 1.03. The second-order valence-electron chi connectivity index (χ2n) is 18.8. The molecule has 6 rings (SSSR count). The van der Waals surface area contributed by atoms with E-state index in [1.165, 1.54) is 62.9 Å². The number of benzene rings is 2. The molecule has 0 fully saturated rings. The summed E-state index contributed by atoms with van der Waals surface area (Å²) < 4.78 is 166. The third-order valence-corrected chi connectivity index (χ3v) is 16.4. The monoisotopic (exact) mass is 1410 g/mol. The lowest BCUT2D eigenvalue weighted by Crippen LogP contribution is -2.36. The van der Waals surface area contributed by atoms with E-state index >= 15 is 0 Å². The predicted octanol–water partition coefficient (Wildman–Crippen LogP) is 5.99. The highest BCUT2D eigenvalue weighted by Crippen LogP contribution is 2.36. The Morgan fingerprint density at radius 3 is 1.70 bits per heavy atom. The number of aromatic carboxylic acids is 1. The van der Waals surface area contributed by atoms with Crippen molar-refractivity contribution >= 4 is 96.4 Å². The highest BCUT2D eigenvalue weighted by atomic mass is 35.5. The van der Waals surface area contributed by atoms with Crippen molar-refractivity contribution in [2.75, 3.05) is 43.4 Å². The van der Waals surface area contributed by atoms with Gasteiger partial charge in [-0.1, -0.05) is 63.0 Å². The number of aliphatic carboxylic acids is 1. The topological polar surface area (TPSA) is 481 Å². The Morgan fingerprint density at radius 1 is 0.758 bits per heavy atom. The number of nitrogens with zero attached hydrogens (tertiary/aromatic N) is 7. The number of urea groups is 2. The van der Waals surface area contributed by atoms with Crippen LogP contribution < -0.4 is 55.3 Å². The largest absolute Gasteiger partial charge is 0.489 e. The normalized spacial score (nSPS) is 12.4. The van der Waals surface area contributed by atoms with Crippen LogP contribution in [0.3, 0.4) is 0 Å². The first-order valence-corrected chi connectivity index (χ1v) is 32.7. The summed E-state index contributed by atoms with van der Waals surface area (Å²) in [5.74, 6) is -5.96. The maximum absolute atomic E-state index is 12.5. The third-order valence-electron chi connectivity index (χ3n) is 10.2. The summed E-state index contributed by atoms with van der Waals surface area (Å²) in [7, 11) is -13.7. The lowest BCUT2D eigenvalue weighted by molar-refractivity contribution is -0.138. The average molecular weight is 1410 g/mol. The molecule has 0 saturated carbocycles. The SMILES string of the molecule is CC(C)Oc1cc(-n2nc(C(C)(C)C)oc2=O)c(Cl)cc1Cl.CCS(=O)(=O)c1cccnc1S(=O)(=O)NC(=O)Nc1nc(OC)cc(OC)n1.CP(=O)(O)CCC(N)C(=O)O.O=C(Nc1nc(OC(F)F)cc(OC(F)F)n1)NS(=O)(=O)c1ccccc1C(=O)O. The lowest BCUT2D eigenvalue weighted by Gasteiger charge is -2.13. The van der Waals surface area contributed by atoms with Crippen LogP contribution in [-0.2, 0) is 44.7 Å². The van der Waals surface area contributed by atoms with Gasteiger partial charge in [0.1, 0.15) is 21.6 Å². The van der Waals surface area contributed by atoms with Crippen molar-refractivity contribution in [1.82, 2.24) is 44.1 Å². The van der Waals surface area contributed by atoms with Crippen LogP contribution in [0.15, 0.2) is 90.9 Å². The van der Waals surface area contributed by atoms with Gasteiger partial charge in [0.2, 0.25) is 41.3 Å². The van der Waals surface area contributed by atoms with Crippen LogP contribution in [-0.4, -0.2) is 157 Å². The number of sulfonamides is 2. The number of anilines is 2. The number of ether oxygens (including phenoxy) is 5. The Morgan fingerprint density at radius 2 is 1.25 bits per heavy atom. The number of carboxylic acids is 2. The van der Waals surface area contributed by atoms with Crippen molar-refractivity contribution < 1.29 is 110 Å². The van der Waals surface area contributed by atoms with Crippen LogP contribution in [0.4, 0.5) is 39.0 Å². The van der Waals surface area contributed by atoms with Gasteiger partial charge in [-0.2, -0.15) is 50.6 Å². The number of nitrogens with one attached hydrogen (secondary N) is 4. The smallest absolute Gasteiger partial charge is 0.442 e. The summed E-state index contributed by atoms with van der Waals surface area (Å²) in [5.41, 5.74) is 4.43. The first-order chi connectivity index (χ1) is 42.0. The van der Waals surface area contributed by atoms with Gasteiger partial charge in [-0.15, -0.1) is 5.10 Å². The van der Waals surface area contributed by atoms with Crippen LogP contribution in [0.2, 0.25) is 10.0 Å². The summed E-state index contributed by atoms with van der Waals surface area (Å²) in [5, 5.41) is 25.2. The Balaban J connectivity index is 0.000000332. The molecule has 4 heterocycles. The fraction of sp³-hybridized carbons (Fsp3) is 0.354. The number of rotatable bonds is 22. The van der Waals surface area contributed by atoms with Gasteiger partial charge < -0.3 is 48.9 Å². The van der Waals surface area contributed by atoms with E-state index < -0.39 is 124 Å². The average Bonchev–Trinajstić information content (AvgIpc) is 1.78. The number of sulfone groups is 1. The fourth-order valence-electron chi connectivity index (χ4n) is 6.14. The summed E-state index contributed by atoms with van der Waals surface area (Å²) in [6.45, 7) is 5.18. The van der Waals surface area contributed by atoms with Gasteiger partial charge >= 0.3 is 43.0 Å². The number of hydrogen-bond donors (Lipinski definition) is 8. The highest BCUT2D eigenvalue weighted by Gasteiger charge is 2.30. The van der Waals surface area contributed by atoms with E-state index in [0.29, 0.717) is 28.4 Å². The van der Waals surface area contributed by atoms with Gasteiger partial charge in [0.25, 0.3) is 20.0 Å². The van der Waals surface area contributed by atoms with E-state index in [-0.39, 0.29) is 52.6 Å². The number of methoxy groups -OCH3 is 2. The van der Waals surface area contributed by atoms with Gasteiger partial charge in [-0.05, 0) is 50.6 Å². The zero-order valence-corrected chi connectivity index (χ0v) is 53.5. The molecule has 0 spiro atoms. The number of carbonyl (C=O) groups is 4. The summed E-state index contributed by atoms with van der Waals surface area (Å²) >= 11 is 12.3. The second kappa shape index (κ2) is 33.0. The number of carbonyl (C=O) groups excluding carboxylic acids is 2. The molecule has 4 amide bonds. The summed E-state index contributed by atoms with van der Waals surface area (Å²) in [4.78, 5) is 82.6. The Kier molecular flexibility index (Phi) is 27.8. The summed E-state index contributed by atoms with van der Waals surface area (Å²) in [6, 6.07) is 7.77. The van der Waals surface area contributed by atoms with Crippen molar-refractivity contribution in [3.63, 3.8) is 0 Å². The molecule has 500 valence electrons. The molecule has 2 atom stereocenters. The van der Waals surface area contributed by atoms with Gasteiger partial charge in [0.15, 0.2) is 22.2 Å². The maximum atomic E-state index is 12.5. The molecule has 0 bridgehead atoms. The number of alkyl halides is 4. The van der Waals surface area contributed by atoms with Crippen LogP contribution in [0.25, 0.3) is 5.69 Å². The fourth-order valence-corrected chi connectivity index (χ4v) is 11.1. The molecule has 0 saturated heterocycles. The molecule has 0 aliphatic heterocycles. The zero-order chi connectivity index (χ0) is 69.1. The minimum atomic E-state index is -4.71. The molecule has 33 nitrogen and oxygen atoms in total. The molecule has 2 unspecified atom stereocenters. The molecular formula is C48H57Cl2F4N12O21PS3. The van der Waals surface area contributed by atoms with Crippen LogP contribution in [0.1, 0.15) is 64.2 Å². The first-order valence-electron chi connectivity index (χ1n) is 25.0. The van der Waals surface area contributed by atoms with Gasteiger partial charge in [0.05, 0.1) is 59.5 Å². The van der Waals surface area contributed by atoms with E-state index in [1.54, 1.807) is 16.1 Å². The van der Waals surface area contributed by atoms with Crippen molar-refractivity contribution in [1.29, 1.82) is 0 Å². The third kappa shape index (κ3) is 24.7. The van der Waals surface area contributed by atoms with Crippen LogP contribution >= 0.6 is 30.6 Å². The maximum Gasteiger partial charge on any atom is 0.442 e. The predicted molar refractivity (Wildman–Crippen MR) is 312 cm³/mol. The van der Waals surface area contributed by atoms with Crippen molar-refractivity contribution in [3.8, 4) is 35.0 Å². The molecular weight excluding hydrogens is 1350 g/mol. The van der Waals surface area contributed by atoms with Gasteiger partial charge in [-0.25, -0.2) is 50.4 Å². The molecule has 43 heteroatoms. The van der Waals surface area contributed by atoms with Gasteiger partial charge in [0, 0.05) is 30.5 Å². The van der Waals surface area contributed by atoms with E-state index in [4.69, 9.17) is 62.7 Å². The highest BCUT2D eigenvalue weighted by molar-refractivity contribution is 7.93. The van der Waals surface area contributed by atoms with E-state index in [2.05, 4.69) is 44.8 Å². The molecule has 6 aromatic rings. The molecule has 9 N–H and O–H groups in total. The molecule has 91 heavy (non-hydrogen) atoms. The molecule has 2 aromatic carbocycles. The molecule has 4 aromatic heterocycles. The zero-order valence-electron chi connectivity index (χ0n) is 48.6. The van der Waals surface area contributed by atoms with E-state index in [9.17, 15) is 71.4 Å². The quantitative estimate of drug-likeness (QED) is 0.0286. The molecule has 0 radical (unpaired) electrons. The number of amides is 4.